The van der Waals surface area contributed by atoms with E-state index in [4.69, 9.17) is 5.73 Å². The molecule has 0 saturated carbocycles. The first kappa shape index (κ1) is 17.2. The molecule has 7 nitrogen and oxygen atoms in total. The van der Waals surface area contributed by atoms with Gasteiger partial charge in [0.1, 0.15) is 5.82 Å². The molecule has 1 saturated heterocycles. The van der Waals surface area contributed by atoms with E-state index < -0.39 is 39.7 Å². The van der Waals surface area contributed by atoms with Crippen LogP contribution in [-0.4, -0.2) is 37.9 Å². The molecule has 0 unspecified atom stereocenters. The summed E-state index contributed by atoms with van der Waals surface area (Å²) in [7, 11) is -3.11. The summed E-state index contributed by atoms with van der Waals surface area (Å²) in [6.07, 6.45) is 0.113. The van der Waals surface area contributed by atoms with Crippen molar-refractivity contribution in [1.29, 1.82) is 0 Å². The Kier molecular flexibility index (Phi) is 5.19. The summed E-state index contributed by atoms with van der Waals surface area (Å²) >= 11 is 0. The fourth-order valence-corrected chi connectivity index (χ4v) is 4.22. The highest BCUT2D eigenvalue weighted by atomic mass is 32.2. The molecule has 2 atom stereocenters. The first-order valence-corrected chi connectivity index (χ1v) is 8.89. The molecule has 23 heavy (non-hydrogen) atoms. The van der Waals surface area contributed by atoms with Gasteiger partial charge in [0.2, 0.25) is 5.91 Å². The SMILES string of the molecule is NC(=O)N[C@@H](CC(=O)N[C@@H]1CCS(=O)(=O)C1)c1ccccc1F. The van der Waals surface area contributed by atoms with Gasteiger partial charge in [0.15, 0.2) is 9.84 Å². The molecule has 1 aromatic carbocycles. The minimum absolute atomic E-state index is 0.0359. The van der Waals surface area contributed by atoms with E-state index in [2.05, 4.69) is 10.6 Å². The number of urea groups is 1. The maximum absolute atomic E-state index is 13.8. The van der Waals surface area contributed by atoms with Crippen LogP contribution in [0.5, 0.6) is 0 Å². The molecule has 0 aliphatic carbocycles. The third kappa shape index (κ3) is 4.92. The number of sulfone groups is 1. The number of primary amides is 1. The van der Waals surface area contributed by atoms with Crippen molar-refractivity contribution in [2.75, 3.05) is 11.5 Å². The number of rotatable bonds is 5. The Labute approximate surface area is 133 Å². The largest absolute Gasteiger partial charge is 0.352 e. The molecular weight excluding hydrogens is 325 g/mol. The average molecular weight is 343 g/mol. The van der Waals surface area contributed by atoms with Crippen LogP contribution in [0, 0.1) is 5.82 Å². The van der Waals surface area contributed by atoms with E-state index >= 15 is 0 Å². The van der Waals surface area contributed by atoms with Gasteiger partial charge in [-0.1, -0.05) is 18.2 Å². The van der Waals surface area contributed by atoms with Gasteiger partial charge >= 0.3 is 6.03 Å². The average Bonchev–Trinajstić information content (AvgIpc) is 2.77. The van der Waals surface area contributed by atoms with Crippen LogP contribution >= 0.6 is 0 Å². The van der Waals surface area contributed by atoms with Crippen LogP contribution in [0.1, 0.15) is 24.4 Å². The van der Waals surface area contributed by atoms with E-state index in [-0.39, 0.29) is 23.5 Å². The van der Waals surface area contributed by atoms with Crippen LogP contribution < -0.4 is 16.4 Å². The lowest BCUT2D eigenvalue weighted by Crippen LogP contribution is -2.40. The Hall–Kier alpha value is -2.16. The van der Waals surface area contributed by atoms with Gasteiger partial charge in [-0.05, 0) is 12.5 Å². The standard InChI is InChI=1S/C14H18FN3O4S/c15-11-4-2-1-3-10(11)12(18-14(16)20)7-13(19)17-9-5-6-23(21,22)8-9/h1-4,9,12H,5-8H2,(H,17,19)(H3,16,18,20)/t9-,12+/m1/s1. The van der Waals surface area contributed by atoms with Gasteiger partial charge in [-0.2, -0.15) is 0 Å². The predicted octanol–water partition coefficient (Wildman–Crippen LogP) is 0.229. The number of halogens is 1. The van der Waals surface area contributed by atoms with Crippen LogP contribution in [-0.2, 0) is 14.6 Å². The Morgan fingerprint density at radius 3 is 2.61 bits per heavy atom. The lowest BCUT2D eigenvalue weighted by molar-refractivity contribution is -0.122. The highest BCUT2D eigenvalue weighted by molar-refractivity contribution is 7.91. The second-order valence-electron chi connectivity index (χ2n) is 5.45. The normalized spacial score (nSPS) is 20.7. The molecule has 0 spiro atoms. The van der Waals surface area contributed by atoms with Gasteiger partial charge in [0.05, 0.1) is 24.0 Å². The Bertz CT molecular complexity index is 708. The Morgan fingerprint density at radius 1 is 1.35 bits per heavy atom. The summed E-state index contributed by atoms with van der Waals surface area (Å²) in [6, 6.07) is 3.47. The van der Waals surface area contributed by atoms with Gasteiger partial charge < -0.3 is 16.4 Å². The highest BCUT2D eigenvalue weighted by Crippen LogP contribution is 2.20. The summed E-state index contributed by atoms with van der Waals surface area (Å²) in [5, 5.41) is 4.92. The van der Waals surface area contributed by atoms with Crippen molar-refractivity contribution in [3.05, 3.63) is 35.6 Å². The minimum Gasteiger partial charge on any atom is -0.352 e. The fourth-order valence-electron chi connectivity index (χ4n) is 2.55. The molecule has 9 heteroatoms. The topological polar surface area (TPSA) is 118 Å². The molecule has 0 bridgehead atoms. The third-order valence-electron chi connectivity index (χ3n) is 3.58. The van der Waals surface area contributed by atoms with E-state index in [0.717, 1.165) is 0 Å². The maximum Gasteiger partial charge on any atom is 0.312 e. The zero-order chi connectivity index (χ0) is 17.0. The van der Waals surface area contributed by atoms with E-state index in [1.807, 2.05) is 0 Å². The van der Waals surface area contributed by atoms with Crippen LogP contribution in [0.25, 0.3) is 0 Å². The molecule has 1 aliphatic heterocycles. The monoisotopic (exact) mass is 343 g/mol. The molecule has 0 aromatic heterocycles. The quantitative estimate of drug-likeness (QED) is 0.709. The number of nitrogens with two attached hydrogens (primary N) is 1. The molecule has 1 heterocycles. The molecule has 0 radical (unpaired) electrons. The molecular formula is C14H18FN3O4S. The second-order valence-corrected chi connectivity index (χ2v) is 7.68. The number of carbonyl (C=O) groups is 2. The van der Waals surface area contributed by atoms with Gasteiger partial charge in [-0.15, -0.1) is 0 Å². The molecule has 2 rings (SSSR count). The number of benzene rings is 1. The summed E-state index contributed by atoms with van der Waals surface area (Å²) in [4.78, 5) is 23.1. The summed E-state index contributed by atoms with van der Waals surface area (Å²) in [5.41, 5.74) is 5.21. The molecule has 1 aromatic rings. The van der Waals surface area contributed by atoms with Crippen LogP contribution in [0.2, 0.25) is 0 Å². The van der Waals surface area contributed by atoms with Crippen molar-refractivity contribution < 1.29 is 22.4 Å². The molecule has 126 valence electrons. The zero-order valence-electron chi connectivity index (χ0n) is 12.3. The van der Waals surface area contributed by atoms with E-state index in [1.165, 1.54) is 18.2 Å². The summed E-state index contributed by atoms with van der Waals surface area (Å²) < 4.78 is 36.6. The number of hydrogen-bond donors (Lipinski definition) is 3. The van der Waals surface area contributed by atoms with Crippen molar-refractivity contribution in [3.63, 3.8) is 0 Å². The lowest BCUT2D eigenvalue weighted by atomic mass is 10.0. The maximum atomic E-state index is 13.8. The predicted molar refractivity (Wildman–Crippen MR) is 81.7 cm³/mol. The number of nitrogens with one attached hydrogen (secondary N) is 2. The van der Waals surface area contributed by atoms with Gasteiger partial charge in [0.25, 0.3) is 0 Å². The van der Waals surface area contributed by atoms with Crippen LogP contribution in [0.3, 0.4) is 0 Å². The number of carbonyl (C=O) groups excluding carboxylic acids is 2. The molecule has 3 amide bonds. The van der Waals surface area contributed by atoms with Crippen molar-refractivity contribution in [3.8, 4) is 0 Å². The van der Waals surface area contributed by atoms with Crippen LogP contribution in [0.15, 0.2) is 24.3 Å². The van der Waals surface area contributed by atoms with Gasteiger partial charge in [-0.3, -0.25) is 4.79 Å². The summed E-state index contributed by atoms with van der Waals surface area (Å²) in [6.45, 7) is 0. The lowest BCUT2D eigenvalue weighted by Gasteiger charge is -2.19. The van der Waals surface area contributed by atoms with Gasteiger partial charge in [-0.25, -0.2) is 17.6 Å². The zero-order valence-corrected chi connectivity index (χ0v) is 13.1. The third-order valence-corrected chi connectivity index (χ3v) is 5.35. The van der Waals surface area contributed by atoms with Crippen molar-refractivity contribution >= 4 is 21.8 Å². The minimum atomic E-state index is -3.11. The van der Waals surface area contributed by atoms with Crippen molar-refractivity contribution in [2.24, 2.45) is 5.73 Å². The molecule has 4 N–H and O–H groups in total. The van der Waals surface area contributed by atoms with Crippen molar-refractivity contribution in [2.45, 2.75) is 24.9 Å². The summed E-state index contributed by atoms with van der Waals surface area (Å²) in [5.74, 6) is -1.11. The van der Waals surface area contributed by atoms with E-state index in [0.29, 0.717) is 6.42 Å². The fraction of sp³-hybridized carbons (Fsp3) is 0.429. The van der Waals surface area contributed by atoms with Gasteiger partial charge in [0, 0.05) is 11.6 Å². The highest BCUT2D eigenvalue weighted by Gasteiger charge is 2.30. The Balaban J connectivity index is 2.04. The second kappa shape index (κ2) is 6.95. The number of hydrogen-bond acceptors (Lipinski definition) is 4. The van der Waals surface area contributed by atoms with E-state index in [9.17, 15) is 22.4 Å². The Morgan fingerprint density at radius 2 is 2.04 bits per heavy atom. The molecule has 1 fully saturated rings. The first-order chi connectivity index (χ1) is 10.8. The first-order valence-electron chi connectivity index (χ1n) is 7.07. The smallest absolute Gasteiger partial charge is 0.312 e. The van der Waals surface area contributed by atoms with E-state index in [1.54, 1.807) is 6.07 Å². The molecule has 1 aliphatic rings. The van der Waals surface area contributed by atoms with Crippen LogP contribution in [0.4, 0.5) is 9.18 Å². The van der Waals surface area contributed by atoms with Crippen molar-refractivity contribution in [1.82, 2.24) is 10.6 Å². The number of amides is 3.